The Bertz CT molecular complexity index is 1030. The van der Waals surface area contributed by atoms with Crippen molar-refractivity contribution in [2.75, 3.05) is 39.9 Å². The number of piperidine rings is 2. The minimum atomic E-state index is -4.34. The molecule has 2 atom stereocenters. The molecule has 3 aliphatic rings. The van der Waals surface area contributed by atoms with Crippen LogP contribution in [0.1, 0.15) is 54.3 Å². The van der Waals surface area contributed by atoms with Crippen molar-refractivity contribution in [1.82, 2.24) is 9.80 Å². The summed E-state index contributed by atoms with van der Waals surface area (Å²) >= 11 is 0. The smallest absolute Gasteiger partial charge is 0.383 e. The molecule has 2 aromatic carbocycles. The molecule has 0 N–H and O–H groups in total. The largest absolute Gasteiger partial charge is 0.416 e. The quantitative estimate of drug-likeness (QED) is 0.577. The summed E-state index contributed by atoms with van der Waals surface area (Å²) in [6.45, 7) is 4.26. The van der Waals surface area contributed by atoms with Crippen LogP contribution in [0.3, 0.4) is 0 Å². The van der Waals surface area contributed by atoms with Gasteiger partial charge in [-0.3, -0.25) is 4.79 Å². The molecule has 0 aromatic heterocycles. The molecule has 2 aromatic rings. The molecule has 7 heteroatoms. The number of carbonyl (C=O) groups is 1. The zero-order chi connectivity index (χ0) is 23.9. The summed E-state index contributed by atoms with van der Waals surface area (Å²) in [7, 11) is 1.71. The third-order valence-electron chi connectivity index (χ3n) is 7.87. The van der Waals surface area contributed by atoms with Gasteiger partial charge in [-0.1, -0.05) is 24.3 Å². The van der Waals surface area contributed by atoms with E-state index >= 15 is 0 Å². The number of methoxy groups -OCH3 is 1. The molecule has 0 unspecified atom stereocenters. The number of alkyl halides is 3. The number of benzene rings is 2. The molecule has 5 rings (SSSR count). The lowest BCUT2D eigenvalue weighted by molar-refractivity contribution is -0.141. The molecule has 0 saturated carbocycles. The average Bonchev–Trinajstić information content (AvgIpc) is 3.13. The maximum absolute atomic E-state index is 13.5. The van der Waals surface area contributed by atoms with E-state index in [0.29, 0.717) is 12.5 Å². The Kier molecular flexibility index (Phi) is 6.42. The number of fused-ring (bicyclic) bond motifs is 5. The van der Waals surface area contributed by atoms with Crippen molar-refractivity contribution in [1.29, 1.82) is 0 Å². The van der Waals surface area contributed by atoms with Crippen LogP contribution in [0.4, 0.5) is 13.2 Å². The van der Waals surface area contributed by atoms with Crippen molar-refractivity contribution >= 4 is 5.91 Å². The summed E-state index contributed by atoms with van der Waals surface area (Å²) in [5.41, 5.74) is 3.49. The van der Waals surface area contributed by atoms with Gasteiger partial charge in [-0.15, -0.1) is 0 Å². The molecule has 1 aliphatic carbocycles. The lowest BCUT2D eigenvalue weighted by Gasteiger charge is -2.39. The number of hydrogen-bond acceptors (Lipinski definition) is 3. The van der Waals surface area contributed by atoms with Crippen LogP contribution in [-0.2, 0) is 15.7 Å². The third kappa shape index (κ3) is 4.48. The summed E-state index contributed by atoms with van der Waals surface area (Å²) < 4.78 is 44.0. The number of amides is 1. The van der Waals surface area contributed by atoms with Gasteiger partial charge in [0.2, 0.25) is 5.91 Å². The van der Waals surface area contributed by atoms with E-state index in [0.717, 1.165) is 75.1 Å². The van der Waals surface area contributed by atoms with Gasteiger partial charge in [0, 0.05) is 26.1 Å². The fraction of sp³-hybridized carbons (Fsp3) is 0.519. The molecule has 34 heavy (non-hydrogen) atoms. The van der Waals surface area contributed by atoms with Gasteiger partial charge in [0.15, 0.2) is 0 Å². The van der Waals surface area contributed by atoms with E-state index in [-0.39, 0.29) is 17.9 Å². The summed E-state index contributed by atoms with van der Waals surface area (Å²) in [6, 6.07) is 11.6. The maximum Gasteiger partial charge on any atom is 0.416 e. The highest BCUT2D eigenvalue weighted by Crippen LogP contribution is 2.50. The van der Waals surface area contributed by atoms with Gasteiger partial charge in [-0.25, -0.2) is 0 Å². The van der Waals surface area contributed by atoms with E-state index in [1.165, 1.54) is 23.3 Å². The maximum atomic E-state index is 13.5. The Hall–Kier alpha value is -2.38. The minimum absolute atomic E-state index is 0.0671. The Morgan fingerprint density at radius 3 is 2.35 bits per heavy atom. The first-order valence-electron chi connectivity index (χ1n) is 12.2. The van der Waals surface area contributed by atoms with Crippen molar-refractivity contribution in [3.05, 3.63) is 59.2 Å². The third-order valence-corrected chi connectivity index (χ3v) is 7.87. The van der Waals surface area contributed by atoms with Crippen molar-refractivity contribution in [2.24, 2.45) is 5.92 Å². The van der Waals surface area contributed by atoms with Crippen molar-refractivity contribution < 1.29 is 22.7 Å². The normalized spacial score (nSPS) is 23.2. The molecular formula is C27H31F3N2O2. The van der Waals surface area contributed by atoms with Gasteiger partial charge in [-0.2, -0.15) is 13.2 Å². The summed E-state index contributed by atoms with van der Waals surface area (Å²) in [6.07, 6.45) is -0.651. The van der Waals surface area contributed by atoms with Gasteiger partial charge in [-0.05, 0) is 85.1 Å². The number of nitrogens with zero attached hydrogens (tertiary/aromatic N) is 2. The Balaban J connectivity index is 1.33. The second-order valence-electron chi connectivity index (χ2n) is 9.80. The van der Waals surface area contributed by atoms with Crippen molar-refractivity contribution in [3.63, 3.8) is 0 Å². The molecule has 4 nitrogen and oxygen atoms in total. The van der Waals surface area contributed by atoms with Crippen molar-refractivity contribution in [2.45, 2.75) is 43.8 Å². The first-order valence-corrected chi connectivity index (χ1v) is 12.2. The molecule has 2 fully saturated rings. The van der Waals surface area contributed by atoms with Crippen LogP contribution >= 0.6 is 0 Å². The molecule has 0 radical (unpaired) electrons. The Morgan fingerprint density at radius 2 is 1.68 bits per heavy atom. The van der Waals surface area contributed by atoms with E-state index in [4.69, 9.17) is 4.74 Å². The minimum Gasteiger partial charge on any atom is -0.383 e. The van der Waals surface area contributed by atoms with Crippen LogP contribution in [0.5, 0.6) is 0 Å². The van der Waals surface area contributed by atoms with Gasteiger partial charge in [0.25, 0.3) is 0 Å². The highest BCUT2D eigenvalue weighted by Gasteiger charge is 2.42. The van der Waals surface area contributed by atoms with Crippen LogP contribution in [0.15, 0.2) is 42.5 Å². The van der Waals surface area contributed by atoms with E-state index in [9.17, 15) is 18.0 Å². The Labute approximate surface area is 198 Å². The topological polar surface area (TPSA) is 32.8 Å². The van der Waals surface area contributed by atoms with E-state index < -0.39 is 11.7 Å². The zero-order valence-electron chi connectivity index (χ0n) is 19.5. The predicted octanol–water partition coefficient (Wildman–Crippen LogP) is 5.49. The summed E-state index contributed by atoms with van der Waals surface area (Å²) in [4.78, 5) is 18.0. The molecule has 2 bridgehead atoms. The van der Waals surface area contributed by atoms with Crippen LogP contribution in [-0.4, -0.2) is 55.6 Å². The lowest BCUT2D eigenvalue weighted by atomic mass is 9.91. The SMILES string of the molecule is COCCN1CCC(C(=O)N2CC[C@@H]3C[C@H]2c2cc(-c4ccc(C(F)(F)F)cc4)ccc23)CC1. The lowest BCUT2D eigenvalue weighted by Crippen LogP contribution is -2.45. The molecular weight excluding hydrogens is 441 g/mol. The second-order valence-corrected chi connectivity index (χ2v) is 9.80. The average molecular weight is 473 g/mol. The monoisotopic (exact) mass is 472 g/mol. The van der Waals surface area contributed by atoms with Gasteiger partial charge >= 0.3 is 6.18 Å². The van der Waals surface area contributed by atoms with Crippen molar-refractivity contribution in [3.8, 4) is 11.1 Å². The van der Waals surface area contributed by atoms with Crippen LogP contribution < -0.4 is 0 Å². The van der Waals surface area contributed by atoms with E-state index in [1.54, 1.807) is 7.11 Å². The van der Waals surface area contributed by atoms with E-state index in [1.807, 2.05) is 6.07 Å². The summed E-state index contributed by atoms with van der Waals surface area (Å²) in [5, 5.41) is 0. The fourth-order valence-corrected chi connectivity index (χ4v) is 5.93. The highest BCUT2D eigenvalue weighted by atomic mass is 19.4. The Morgan fingerprint density at radius 1 is 0.971 bits per heavy atom. The summed E-state index contributed by atoms with van der Waals surface area (Å²) in [5.74, 6) is 0.793. The fourth-order valence-electron chi connectivity index (χ4n) is 5.93. The molecule has 1 amide bonds. The van der Waals surface area contributed by atoms with Gasteiger partial charge in [0.1, 0.15) is 0 Å². The standard InChI is InChI=1S/C27H31F3N2O2/c1-34-15-14-31-11-8-19(9-12-31)26(33)32-13-10-21-17-25(32)24-16-20(4-7-23(21)24)18-2-5-22(6-3-18)27(28,29)30/h2-7,16,19,21,25H,8-15,17H2,1H3/t21-,25+/m1/s1. The predicted molar refractivity (Wildman–Crippen MR) is 124 cm³/mol. The first kappa shape index (κ1) is 23.4. The molecule has 2 saturated heterocycles. The van der Waals surface area contributed by atoms with Crippen LogP contribution in [0, 0.1) is 5.92 Å². The number of rotatable bonds is 5. The zero-order valence-corrected chi connectivity index (χ0v) is 19.5. The van der Waals surface area contributed by atoms with Crippen LogP contribution in [0.2, 0.25) is 0 Å². The van der Waals surface area contributed by atoms with Gasteiger partial charge in [0.05, 0.1) is 18.2 Å². The second kappa shape index (κ2) is 9.34. The van der Waals surface area contributed by atoms with Crippen LogP contribution in [0.25, 0.3) is 11.1 Å². The molecule has 182 valence electrons. The number of halogens is 3. The first-order chi connectivity index (χ1) is 16.3. The molecule has 2 aliphatic heterocycles. The molecule has 2 heterocycles. The van der Waals surface area contributed by atoms with E-state index in [2.05, 4.69) is 21.9 Å². The van der Waals surface area contributed by atoms with Gasteiger partial charge < -0.3 is 14.5 Å². The number of likely N-dealkylation sites (tertiary alicyclic amines) is 2. The number of hydrogen-bond donors (Lipinski definition) is 0. The molecule has 0 spiro atoms. The highest BCUT2D eigenvalue weighted by molar-refractivity contribution is 5.80. The number of ether oxygens (including phenoxy) is 1. The number of carbonyl (C=O) groups excluding carboxylic acids is 1.